The number of hydrogen-bond donors (Lipinski definition) is 2. The van der Waals surface area contributed by atoms with E-state index in [1.165, 1.54) is 22.2 Å². The van der Waals surface area contributed by atoms with Crippen LogP contribution in [0.25, 0.3) is 16.5 Å². The van der Waals surface area contributed by atoms with E-state index in [1.54, 1.807) is 0 Å². The first kappa shape index (κ1) is 13.8. The van der Waals surface area contributed by atoms with Crippen LogP contribution in [0.5, 0.6) is 0 Å². The molecular weight excluding hydrogens is 274 g/mol. The molecule has 0 bridgehead atoms. The van der Waals surface area contributed by atoms with Crippen molar-refractivity contribution in [1.82, 2.24) is 20.4 Å². The monoisotopic (exact) mass is 297 g/mol. The lowest BCUT2D eigenvalue weighted by atomic mass is 10.0. The van der Waals surface area contributed by atoms with Gasteiger partial charge >= 0.3 is 0 Å². The lowest BCUT2D eigenvalue weighted by Crippen LogP contribution is -2.44. The van der Waals surface area contributed by atoms with Crippen LogP contribution in [0.4, 0.5) is 5.69 Å². The van der Waals surface area contributed by atoms with Gasteiger partial charge in [-0.3, -0.25) is 5.10 Å². The third-order valence-electron chi connectivity index (χ3n) is 4.75. The summed E-state index contributed by atoms with van der Waals surface area (Å²) in [5.41, 5.74) is 4.88. The zero-order valence-corrected chi connectivity index (χ0v) is 13.1. The molecule has 2 N–H and O–H groups in total. The standard InChI is InChI=1S/C17H23N5/c1-21-8-10-22(11-9-21)15-6-2-5-14-16(19-20-17(14)15)13-4-3-7-18-12-13/h2,4-6,18H,3,7-12H2,1H3,(H,19,20). The van der Waals surface area contributed by atoms with Crippen LogP contribution in [0, 0.1) is 0 Å². The zero-order valence-electron chi connectivity index (χ0n) is 13.1. The Balaban J connectivity index is 1.72. The fourth-order valence-electron chi connectivity index (χ4n) is 3.41. The maximum Gasteiger partial charge on any atom is 0.0969 e. The van der Waals surface area contributed by atoms with E-state index in [-0.39, 0.29) is 0 Å². The van der Waals surface area contributed by atoms with Crippen LogP contribution < -0.4 is 10.2 Å². The highest BCUT2D eigenvalue weighted by Gasteiger charge is 2.19. The molecule has 0 spiro atoms. The molecule has 0 unspecified atom stereocenters. The van der Waals surface area contributed by atoms with Crippen LogP contribution in [0.15, 0.2) is 24.3 Å². The lowest BCUT2D eigenvalue weighted by molar-refractivity contribution is 0.313. The third-order valence-corrected chi connectivity index (χ3v) is 4.75. The van der Waals surface area contributed by atoms with Crippen molar-refractivity contribution in [1.29, 1.82) is 0 Å². The Labute approximate surface area is 131 Å². The molecule has 1 aromatic carbocycles. The van der Waals surface area contributed by atoms with Crippen LogP contribution in [0.3, 0.4) is 0 Å². The van der Waals surface area contributed by atoms with Crippen LogP contribution >= 0.6 is 0 Å². The number of benzene rings is 1. The van der Waals surface area contributed by atoms with Crippen LogP contribution in [-0.2, 0) is 0 Å². The number of H-pyrrole nitrogens is 1. The Morgan fingerprint density at radius 2 is 2.00 bits per heavy atom. The first-order chi connectivity index (χ1) is 10.8. The summed E-state index contributed by atoms with van der Waals surface area (Å²) in [5.74, 6) is 0. The molecule has 116 valence electrons. The number of nitrogens with zero attached hydrogens (tertiary/aromatic N) is 3. The van der Waals surface area contributed by atoms with E-state index in [1.807, 2.05) is 0 Å². The molecule has 0 radical (unpaired) electrons. The fraction of sp³-hybridized carbons (Fsp3) is 0.471. The van der Waals surface area contributed by atoms with Crippen molar-refractivity contribution in [3.8, 4) is 0 Å². The van der Waals surface area contributed by atoms with E-state index in [0.29, 0.717) is 0 Å². The Kier molecular flexibility index (Phi) is 3.60. The Morgan fingerprint density at radius 3 is 2.77 bits per heavy atom. The number of hydrogen-bond acceptors (Lipinski definition) is 4. The van der Waals surface area contributed by atoms with Crippen molar-refractivity contribution in [3.05, 3.63) is 30.0 Å². The molecule has 1 fully saturated rings. The van der Waals surface area contributed by atoms with Crippen molar-refractivity contribution in [2.24, 2.45) is 0 Å². The molecule has 2 aliphatic rings. The van der Waals surface area contributed by atoms with Gasteiger partial charge in [0.1, 0.15) is 0 Å². The number of fused-ring (bicyclic) bond motifs is 1. The molecule has 5 nitrogen and oxygen atoms in total. The van der Waals surface area contributed by atoms with E-state index in [2.05, 4.69) is 56.6 Å². The molecule has 0 amide bonds. The smallest absolute Gasteiger partial charge is 0.0969 e. The largest absolute Gasteiger partial charge is 0.367 e. The predicted octanol–water partition coefficient (Wildman–Crippen LogP) is 1.69. The molecule has 0 saturated carbocycles. The molecule has 2 aromatic rings. The summed E-state index contributed by atoms with van der Waals surface area (Å²) in [5, 5.41) is 12.6. The number of nitrogens with one attached hydrogen (secondary N) is 2. The summed E-state index contributed by atoms with van der Waals surface area (Å²) in [6, 6.07) is 6.55. The maximum atomic E-state index is 4.62. The average Bonchev–Trinajstić information content (AvgIpc) is 3.00. The van der Waals surface area contributed by atoms with Gasteiger partial charge in [0.2, 0.25) is 0 Å². The van der Waals surface area contributed by atoms with Gasteiger partial charge in [-0.05, 0) is 31.7 Å². The molecule has 3 heterocycles. The third kappa shape index (κ3) is 2.40. The number of likely N-dealkylation sites (N-methyl/N-ethyl adjacent to an activating group) is 1. The van der Waals surface area contributed by atoms with E-state index in [0.717, 1.165) is 51.4 Å². The Bertz CT molecular complexity index is 694. The van der Waals surface area contributed by atoms with Crippen LogP contribution in [0.1, 0.15) is 12.1 Å². The Hall–Kier alpha value is -1.85. The summed E-state index contributed by atoms with van der Waals surface area (Å²) in [4.78, 5) is 4.85. The van der Waals surface area contributed by atoms with Crippen molar-refractivity contribution in [2.75, 3.05) is 51.2 Å². The molecule has 0 atom stereocenters. The summed E-state index contributed by atoms with van der Waals surface area (Å²) in [7, 11) is 2.19. The van der Waals surface area contributed by atoms with E-state index < -0.39 is 0 Å². The van der Waals surface area contributed by atoms with Gasteiger partial charge in [-0.1, -0.05) is 18.2 Å². The number of piperazine rings is 1. The lowest BCUT2D eigenvalue weighted by Gasteiger charge is -2.34. The molecule has 1 aromatic heterocycles. The van der Waals surface area contributed by atoms with Crippen molar-refractivity contribution >= 4 is 22.2 Å². The van der Waals surface area contributed by atoms with Gasteiger partial charge in [0.25, 0.3) is 0 Å². The van der Waals surface area contributed by atoms with E-state index >= 15 is 0 Å². The first-order valence-electron chi connectivity index (χ1n) is 8.13. The molecule has 5 heteroatoms. The minimum atomic E-state index is 0.915. The van der Waals surface area contributed by atoms with Gasteiger partial charge in [-0.25, -0.2) is 0 Å². The predicted molar refractivity (Wildman–Crippen MR) is 91.3 cm³/mol. The average molecular weight is 297 g/mol. The molecule has 22 heavy (non-hydrogen) atoms. The van der Waals surface area contributed by atoms with Gasteiger partial charge < -0.3 is 15.1 Å². The van der Waals surface area contributed by atoms with Crippen molar-refractivity contribution in [3.63, 3.8) is 0 Å². The van der Waals surface area contributed by atoms with Gasteiger partial charge in [0, 0.05) is 38.1 Å². The number of aromatic nitrogens is 2. The normalized spacial score (nSPS) is 20.4. The van der Waals surface area contributed by atoms with Crippen molar-refractivity contribution < 1.29 is 0 Å². The summed E-state index contributed by atoms with van der Waals surface area (Å²) in [6.07, 6.45) is 3.40. The minimum Gasteiger partial charge on any atom is -0.367 e. The number of anilines is 1. The summed E-state index contributed by atoms with van der Waals surface area (Å²) in [6.45, 7) is 6.37. The van der Waals surface area contributed by atoms with E-state index in [4.69, 9.17) is 0 Å². The SMILES string of the molecule is CN1CCN(c2cccc3c(C4=CCCNC4)n[nH]c23)CC1. The first-order valence-corrected chi connectivity index (χ1v) is 8.13. The number of rotatable bonds is 2. The second kappa shape index (κ2) is 5.74. The summed E-state index contributed by atoms with van der Waals surface area (Å²) >= 11 is 0. The Morgan fingerprint density at radius 1 is 1.14 bits per heavy atom. The van der Waals surface area contributed by atoms with Crippen molar-refractivity contribution in [2.45, 2.75) is 6.42 Å². The fourth-order valence-corrected chi connectivity index (χ4v) is 3.41. The molecule has 4 rings (SSSR count). The summed E-state index contributed by atoms with van der Waals surface area (Å²) < 4.78 is 0. The number of aromatic amines is 1. The quantitative estimate of drug-likeness (QED) is 0.885. The molecule has 1 saturated heterocycles. The highest BCUT2D eigenvalue weighted by atomic mass is 15.3. The van der Waals surface area contributed by atoms with Gasteiger partial charge in [-0.2, -0.15) is 5.10 Å². The second-order valence-electron chi connectivity index (χ2n) is 6.26. The molecule has 2 aliphatic heterocycles. The molecular formula is C17H23N5. The minimum absolute atomic E-state index is 0.915. The van der Waals surface area contributed by atoms with E-state index in [9.17, 15) is 0 Å². The topological polar surface area (TPSA) is 47.2 Å². The van der Waals surface area contributed by atoms with Crippen LogP contribution in [-0.4, -0.2) is 61.4 Å². The van der Waals surface area contributed by atoms with Crippen LogP contribution in [0.2, 0.25) is 0 Å². The van der Waals surface area contributed by atoms with Gasteiger partial charge in [-0.15, -0.1) is 0 Å². The highest BCUT2D eigenvalue weighted by Crippen LogP contribution is 2.31. The number of para-hydroxylation sites is 1. The van der Waals surface area contributed by atoms with Gasteiger partial charge in [0.15, 0.2) is 0 Å². The van der Waals surface area contributed by atoms with Gasteiger partial charge in [0.05, 0.1) is 16.9 Å². The second-order valence-corrected chi connectivity index (χ2v) is 6.26. The highest BCUT2D eigenvalue weighted by molar-refractivity contribution is 5.98. The maximum absolute atomic E-state index is 4.62. The molecule has 0 aliphatic carbocycles. The zero-order chi connectivity index (χ0) is 14.9.